The van der Waals surface area contributed by atoms with Gasteiger partial charge in [0, 0.05) is 46.9 Å². The molecule has 14 heteroatoms. The molecule has 0 spiro atoms. The molecule has 0 aromatic heterocycles. The van der Waals surface area contributed by atoms with Crippen molar-refractivity contribution in [1.29, 1.82) is 0 Å². The van der Waals surface area contributed by atoms with Gasteiger partial charge in [0.1, 0.15) is 34.1 Å². The number of esters is 4. The normalized spacial score (nSPS) is 10.9. The number of methoxy groups -OCH3 is 6. The fraction of sp³-hybridized carbons (Fsp3) is 0.364. The molecule has 0 aliphatic heterocycles. The maximum absolute atomic E-state index is 14.2. The molecule has 0 N–H and O–H groups in total. The molecule has 0 atom stereocenters. The molecule has 0 saturated heterocycles. The number of carbonyl (C=O) groups excluding carboxylic acids is 4. The van der Waals surface area contributed by atoms with Crippen LogP contribution in [0.3, 0.4) is 0 Å². The van der Waals surface area contributed by atoms with Crippen LogP contribution in [0.1, 0.15) is 73.4 Å². The molecule has 14 nitrogen and oxygen atoms in total. The van der Waals surface area contributed by atoms with Crippen molar-refractivity contribution in [2.45, 2.75) is 66.6 Å². The lowest BCUT2D eigenvalue weighted by Gasteiger charge is -2.29. The van der Waals surface area contributed by atoms with E-state index in [4.69, 9.17) is 47.4 Å². The number of fused-ring (bicyclic) bond motifs is 2. The lowest BCUT2D eigenvalue weighted by molar-refractivity contribution is -0.132. The second-order valence-corrected chi connectivity index (χ2v) is 13.4. The van der Waals surface area contributed by atoms with Crippen molar-refractivity contribution in [1.82, 2.24) is 0 Å². The monoisotopic (exact) mass is 802 g/mol. The van der Waals surface area contributed by atoms with Crippen LogP contribution in [0.25, 0.3) is 32.7 Å². The Balaban J connectivity index is 2.73. The molecule has 0 unspecified atom stereocenters. The average molecular weight is 803 g/mol. The Morgan fingerprint density at radius 1 is 0.534 bits per heavy atom. The van der Waals surface area contributed by atoms with E-state index >= 15 is 0 Å². The van der Waals surface area contributed by atoms with Crippen molar-refractivity contribution >= 4 is 45.4 Å². The molecular formula is C44H50O14. The minimum Gasteiger partial charge on any atom is -0.495 e. The Hall–Kier alpha value is -6.44. The number of carbonyl (C=O) groups is 4. The third-order valence-electron chi connectivity index (χ3n) is 8.75. The Morgan fingerprint density at radius 3 is 1.10 bits per heavy atom. The summed E-state index contributed by atoms with van der Waals surface area (Å²) in [6, 6.07) is 3.51. The van der Waals surface area contributed by atoms with E-state index < -0.39 is 36.1 Å². The van der Waals surface area contributed by atoms with Crippen molar-refractivity contribution in [3.8, 4) is 57.1 Å². The molecule has 0 saturated carbocycles. The van der Waals surface area contributed by atoms with E-state index in [1.165, 1.54) is 56.5 Å². The predicted molar refractivity (Wildman–Crippen MR) is 218 cm³/mol. The molecule has 0 bridgehead atoms. The number of benzene rings is 4. The minimum atomic E-state index is -0.884. The first-order valence-corrected chi connectivity index (χ1v) is 18.2. The molecule has 0 aliphatic carbocycles. The van der Waals surface area contributed by atoms with Gasteiger partial charge in [-0.1, -0.05) is 12.2 Å². The van der Waals surface area contributed by atoms with Gasteiger partial charge in [0.25, 0.3) is 0 Å². The first-order valence-electron chi connectivity index (χ1n) is 18.2. The summed E-state index contributed by atoms with van der Waals surface area (Å²) >= 11 is 0. The maximum atomic E-state index is 14.2. The van der Waals surface area contributed by atoms with Crippen molar-refractivity contribution in [3.05, 3.63) is 59.7 Å². The lowest BCUT2D eigenvalue weighted by atomic mass is 9.85. The molecule has 0 heterocycles. The summed E-state index contributed by atoms with van der Waals surface area (Å²) < 4.78 is 59.5. The Kier molecular flexibility index (Phi) is 14.3. The van der Waals surface area contributed by atoms with Crippen LogP contribution in [-0.4, -0.2) is 78.7 Å². The van der Waals surface area contributed by atoms with Gasteiger partial charge in [0.05, 0.1) is 65.6 Å². The van der Waals surface area contributed by atoms with Crippen molar-refractivity contribution in [2.75, 3.05) is 42.7 Å². The summed E-state index contributed by atoms with van der Waals surface area (Å²) in [6.45, 7) is 17.3. The minimum absolute atomic E-state index is 0.0549. The lowest BCUT2D eigenvalue weighted by Crippen LogP contribution is -2.17. The molecule has 0 fully saturated rings. The molecule has 4 aromatic rings. The zero-order valence-corrected chi connectivity index (χ0v) is 35.0. The van der Waals surface area contributed by atoms with E-state index in [1.807, 2.05) is 0 Å². The Morgan fingerprint density at radius 2 is 0.862 bits per heavy atom. The molecule has 4 rings (SSSR count). The smallest absolute Gasteiger partial charge is 0.345 e. The highest BCUT2D eigenvalue weighted by molar-refractivity contribution is 6.22. The quantitative estimate of drug-likeness (QED) is 0.0571. The maximum Gasteiger partial charge on any atom is 0.345 e. The number of ether oxygens (including phenoxy) is 10. The molecule has 4 aromatic carbocycles. The summed E-state index contributed by atoms with van der Waals surface area (Å²) in [4.78, 5) is 54.1. The summed E-state index contributed by atoms with van der Waals surface area (Å²) in [5.74, 6) is -3.31. The van der Waals surface area contributed by atoms with E-state index in [2.05, 4.69) is 13.2 Å². The van der Waals surface area contributed by atoms with E-state index in [0.29, 0.717) is 21.9 Å². The fourth-order valence-corrected chi connectivity index (χ4v) is 6.91. The standard InChI is InChI=1S/C44H50O14/c1-15-17-25-19-27-29(39(55-21(3)4)33(43(47)53-13)37(51-11)31(27)41(35(25)49-9)57-23(7)45)30-28-20-26(18-16-2)36(50-10)42(58-24(8)46)32(28)38(52-12)34(44(48)54-14)40(30)56-22(5)6/h15-16,19-22H,1-2,17-18H2,3-14H3. The highest BCUT2D eigenvalue weighted by atomic mass is 16.6. The van der Waals surface area contributed by atoms with Gasteiger partial charge in [-0.25, -0.2) is 9.59 Å². The second kappa shape index (κ2) is 18.7. The van der Waals surface area contributed by atoms with Gasteiger partial charge in [-0.2, -0.15) is 0 Å². The van der Waals surface area contributed by atoms with Crippen LogP contribution in [0.5, 0.6) is 46.0 Å². The van der Waals surface area contributed by atoms with Gasteiger partial charge in [-0.3, -0.25) is 9.59 Å². The summed E-state index contributed by atoms with van der Waals surface area (Å²) in [6.07, 6.45) is 2.54. The fourth-order valence-electron chi connectivity index (χ4n) is 6.91. The SMILES string of the molecule is C=CCc1cc2c(-c3c(OC(C)C)c(C(=O)OC)c(OC)c4c(OC(C)=O)c(OC)c(CC=C)cc34)c(OC(C)C)c(C(=O)OC)c(OC)c2c(OC(C)=O)c1OC. The Bertz CT molecular complexity index is 2140. The third-order valence-corrected chi connectivity index (χ3v) is 8.75. The topological polar surface area (TPSA) is 161 Å². The van der Waals surface area contributed by atoms with Crippen molar-refractivity contribution in [3.63, 3.8) is 0 Å². The Labute approximate surface area is 337 Å². The van der Waals surface area contributed by atoms with Crippen molar-refractivity contribution in [2.24, 2.45) is 0 Å². The highest BCUT2D eigenvalue weighted by Gasteiger charge is 2.39. The summed E-state index contributed by atoms with van der Waals surface area (Å²) in [7, 11) is 7.88. The van der Waals surface area contributed by atoms with Gasteiger partial charge < -0.3 is 47.4 Å². The number of allylic oxidation sites excluding steroid dienone is 2. The first kappa shape index (κ1) is 44.3. The van der Waals surface area contributed by atoms with Crippen LogP contribution in [0.4, 0.5) is 0 Å². The zero-order valence-electron chi connectivity index (χ0n) is 35.0. The van der Waals surface area contributed by atoms with Gasteiger partial charge in [-0.05, 0) is 52.7 Å². The van der Waals surface area contributed by atoms with Crippen LogP contribution in [-0.2, 0) is 31.9 Å². The molecule has 0 aliphatic rings. The summed E-state index contributed by atoms with van der Waals surface area (Å²) in [5.41, 5.74) is 0.932. The molecule has 0 amide bonds. The predicted octanol–water partition coefficient (Wildman–Crippen LogP) is 8.15. The molecule has 310 valence electrons. The first-order chi connectivity index (χ1) is 27.6. The molecule has 0 radical (unpaired) electrons. The van der Waals surface area contributed by atoms with E-state index in [0.717, 1.165) is 0 Å². The zero-order chi connectivity index (χ0) is 43.2. The molecule has 58 heavy (non-hydrogen) atoms. The van der Waals surface area contributed by atoms with Gasteiger partial charge >= 0.3 is 23.9 Å². The van der Waals surface area contributed by atoms with E-state index in [-0.39, 0.29) is 91.9 Å². The average Bonchev–Trinajstić information content (AvgIpc) is 3.16. The van der Waals surface area contributed by atoms with E-state index in [1.54, 1.807) is 52.0 Å². The van der Waals surface area contributed by atoms with Crippen LogP contribution in [0.15, 0.2) is 37.4 Å². The van der Waals surface area contributed by atoms with Crippen LogP contribution in [0, 0.1) is 0 Å². The highest BCUT2D eigenvalue weighted by Crippen LogP contribution is 2.59. The van der Waals surface area contributed by atoms with Gasteiger partial charge in [0.15, 0.2) is 23.0 Å². The van der Waals surface area contributed by atoms with Crippen LogP contribution in [0.2, 0.25) is 0 Å². The van der Waals surface area contributed by atoms with Crippen LogP contribution < -0.4 is 37.9 Å². The number of hydrogen-bond acceptors (Lipinski definition) is 14. The van der Waals surface area contributed by atoms with Gasteiger partial charge in [-0.15, -0.1) is 13.2 Å². The van der Waals surface area contributed by atoms with E-state index in [9.17, 15) is 19.2 Å². The van der Waals surface area contributed by atoms with Crippen molar-refractivity contribution < 1.29 is 66.5 Å². The van der Waals surface area contributed by atoms with Crippen LogP contribution >= 0.6 is 0 Å². The summed E-state index contributed by atoms with van der Waals surface area (Å²) in [5, 5.41) is 0.793. The molecular weight excluding hydrogens is 752 g/mol. The second-order valence-electron chi connectivity index (χ2n) is 13.4. The third kappa shape index (κ3) is 8.18. The largest absolute Gasteiger partial charge is 0.495 e. The number of rotatable bonds is 17. The number of hydrogen-bond donors (Lipinski definition) is 0. The van der Waals surface area contributed by atoms with Gasteiger partial charge in [0.2, 0.25) is 0 Å².